The van der Waals surface area contributed by atoms with E-state index < -0.39 is 38.8 Å². The number of benzene rings is 2. The normalized spacial score (nSPS) is 21.9. The number of allylic oxidation sites excluding steroid dienone is 2. The van der Waals surface area contributed by atoms with Crippen molar-refractivity contribution in [3.8, 4) is 0 Å². The first-order valence-electron chi connectivity index (χ1n) is 12.4. The molecule has 1 fully saturated rings. The summed E-state index contributed by atoms with van der Waals surface area (Å²) in [5, 5.41) is 0. The number of aliphatic imine (C=N–C) groups is 1. The molecule has 1 aliphatic heterocycles. The molecule has 13 heteroatoms. The Kier molecular flexibility index (Phi) is 7.34. The van der Waals surface area contributed by atoms with E-state index in [1.807, 2.05) is 0 Å². The number of rotatable bonds is 5. The minimum atomic E-state index is -4.62. The van der Waals surface area contributed by atoms with Crippen molar-refractivity contribution in [3.63, 3.8) is 0 Å². The van der Waals surface area contributed by atoms with Crippen molar-refractivity contribution >= 4 is 27.2 Å². The van der Waals surface area contributed by atoms with Crippen molar-refractivity contribution < 1.29 is 30.8 Å². The monoisotopic (exact) mass is 585 g/mol. The standard InChI is InChI=1S/C28H23F4N5O3S/c29-21-3-5-22(6-4-21)36-24-13-20-9-12-37(41(39,40)23-7-1-19(2-8-23)28(30,31)32)17-27(20,14-18(24)15-33)26(38)25-16-34-10-11-35-25/h1-8,10-11,13,15-16H,9,12,14,17,33H2/b18-15-,36-24?/t27-/m0/s1. The molecule has 0 bridgehead atoms. The lowest BCUT2D eigenvalue weighted by Crippen LogP contribution is -2.53. The zero-order valence-corrected chi connectivity index (χ0v) is 22.2. The average molecular weight is 586 g/mol. The molecular formula is C28H23F4N5O3S. The summed E-state index contributed by atoms with van der Waals surface area (Å²) in [7, 11) is -4.28. The van der Waals surface area contributed by atoms with E-state index in [2.05, 4.69) is 15.0 Å². The van der Waals surface area contributed by atoms with E-state index >= 15 is 0 Å². The molecule has 0 saturated carbocycles. The molecule has 2 heterocycles. The summed E-state index contributed by atoms with van der Waals surface area (Å²) in [4.78, 5) is 26.4. The highest BCUT2D eigenvalue weighted by atomic mass is 32.2. The summed E-state index contributed by atoms with van der Waals surface area (Å²) >= 11 is 0. The second-order valence-corrected chi connectivity index (χ2v) is 11.6. The molecule has 1 aliphatic carbocycles. The summed E-state index contributed by atoms with van der Waals surface area (Å²) in [5.74, 6) is -0.912. The first-order chi connectivity index (χ1) is 19.4. The zero-order chi connectivity index (χ0) is 29.4. The molecule has 3 aromatic rings. The molecule has 2 aliphatic rings. The number of piperidine rings is 1. The minimum Gasteiger partial charge on any atom is -0.404 e. The quantitative estimate of drug-likeness (QED) is 0.338. The van der Waals surface area contributed by atoms with Gasteiger partial charge in [-0.15, -0.1) is 0 Å². The molecule has 212 valence electrons. The number of carbonyl (C=O) groups is 1. The number of fused-ring (bicyclic) bond motifs is 1. The van der Waals surface area contributed by atoms with Gasteiger partial charge in [0.2, 0.25) is 10.0 Å². The van der Waals surface area contributed by atoms with Crippen LogP contribution in [0.5, 0.6) is 0 Å². The molecule has 5 rings (SSSR count). The maximum absolute atomic E-state index is 14.0. The van der Waals surface area contributed by atoms with Crippen LogP contribution in [0.25, 0.3) is 0 Å². The topological polar surface area (TPSA) is 119 Å². The van der Waals surface area contributed by atoms with Gasteiger partial charge < -0.3 is 5.73 Å². The second-order valence-electron chi connectivity index (χ2n) is 9.62. The smallest absolute Gasteiger partial charge is 0.404 e. The van der Waals surface area contributed by atoms with Crippen molar-refractivity contribution in [2.75, 3.05) is 13.1 Å². The fourth-order valence-electron chi connectivity index (χ4n) is 5.05. The highest BCUT2D eigenvalue weighted by Gasteiger charge is 2.51. The van der Waals surface area contributed by atoms with Crippen molar-refractivity contribution in [3.05, 3.63) is 108 Å². The zero-order valence-electron chi connectivity index (χ0n) is 21.3. The van der Waals surface area contributed by atoms with Crippen molar-refractivity contribution in [2.45, 2.75) is 23.9 Å². The highest BCUT2D eigenvalue weighted by Crippen LogP contribution is 2.47. The lowest BCUT2D eigenvalue weighted by Gasteiger charge is -2.45. The molecule has 1 aromatic heterocycles. The lowest BCUT2D eigenvalue weighted by molar-refractivity contribution is -0.137. The SMILES string of the molecule is N/C=C1/C[C@]2(C(=O)c3cnccn3)CN(S(=O)(=O)c3ccc(C(F)(F)F)cc3)CCC2=CC1=Nc1ccc(F)cc1. The first kappa shape index (κ1) is 28.3. The van der Waals surface area contributed by atoms with Gasteiger partial charge in [0.05, 0.1) is 33.5 Å². The van der Waals surface area contributed by atoms with Crippen LogP contribution in [0, 0.1) is 11.2 Å². The van der Waals surface area contributed by atoms with E-state index in [1.54, 1.807) is 6.08 Å². The van der Waals surface area contributed by atoms with Gasteiger partial charge in [0.15, 0.2) is 5.78 Å². The number of hydrogen-bond donors (Lipinski definition) is 1. The Bertz CT molecular complexity index is 1670. The molecule has 0 amide bonds. The fraction of sp³-hybridized carbons (Fsp3) is 0.214. The molecule has 2 aromatic carbocycles. The number of nitrogens with zero attached hydrogens (tertiary/aromatic N) is 4. The number of nitrogens with two attached hydrogens (primary N) is 1. The number of hydrogen-bond acceptors (Lipinski definition) is 7. The predicted molar refractivity (Wildman–Crippen MR) is 142 cm³/mol. The summed E-state index contributed by atoms with van der Waals surface area (Å²) in [6.45, 7) is -0.338. The number of Topliss-reactive ketones (excluding diaryl/α,β-unsaturated/α-hetero) is 1. The van der Waals surface area contributed by atoms with Crippen LogP contribution in [0.2, 0.25) is 0 Å². The van der Waals surface area contributed by atoms with E-state index in [-0.39, 0.29) is 36.5 Å². The van der Waals surface area contributed by atoms with Gasteiger partial charge in [0.25, 0.3) is 0 Å². The lowest BCUT2D eigenvalue weighted by atomic mass is 9.64. The maximum atomic E-state index is 14.0. The van der Waals surface area contributed by atoms with Gasteiger partial charge in [0.1, 0.15) is 11.5 Å². The Hall–Kier alpha value is -4.23. The molecule has 2 N–H and O–H groups in total. The third-order valence-corrected chi connectivity index (χ3v) is 9.01. The van der Waals surface area contributed by atoms with E-state index in [0.717, 1.165) is 16.4 Å². The number of ketones is 1. The Labute approximate surface area is 233 Å². The van der Waals surface area contributed by atoms with E-state index in [1.165, 1.54) is 49.1 Å². The van der Waals surface area contributed by atoms with Gasteiger partial charge in [-0.1, -0.05) is 5.57 Å². The molecule has 1 atom stereocenters. The minimum absolute atomic E-state index is 0.0162. The van der Waals surface area contributed by atoms with E-state index in [9.17, 15) is 30.8 Å². The van der Waals surface area contributed by atoms with Crippen LogP contribution < -0.4 is 5.73 Å². The van der Waals surface area contributed by atoms with Crippen LogP contribution in [-0.2, 0) is 16.2 Å². The highest BCUT2D eigenvalue weighted by molar-refractivity contribution is 7.89. The first-order valence-corrected chi connectivity index (χ1v) is 13.8. The van der Waals surface area contributed by atoms with Crippen molar-refractivity contribution in [2.24, 2.45) is 16.1 Å². The number of carbonyl (C=O) groups excluding carboxylic acids is 1. The number of halogens is 4. The summed E-state index contributed by atoms with van der Waals surface area (Å²) in [6.07, 6.45) is 2.47. The third-order valence-electron chi connectivity index (χ3n) is 7.15. The Balaban J connectivity index is 1.58. The van der Waals surface area contributed by atoms with Crippen LogP contribution in [0.1, 0.15) is 28.9 Å². The molecule has 1 saturated heterocycles. The number of aromatic nitrogens is 2. The van der Waals surface area contributed by atoms with Crippen molar-refractivity contribution in [1.82, 2.24) is 14.3 Å². The Morgan fingerprint density at radius 1 is 1.07 bits per heavy atom. The van der Waals surface area contributed by atoms with Crippen LogP contribution >= 0.6 is 0 Å². The van der Waals surface area contributed by atoms with Gasteiger partial charge in [-0.25, -0.2) is 22.8 Å². The molecule has 0 radical (unpaired) electrons. The number of alkyl halides is 3. The van der Waals surface area contributed by atoms with Gasteiger partial charge in [-0.3, -0.25) is 9.78 Å². The molecule has 8 nitrogen and oxygen atoms in total. The maximum Gasteiger partial charge on any atom is 0.416 e. The fourth-order valence-corrected chi connectivity index (χ4v) is 6.55. The van der Waals surface area contributed by atoms with Crippen LogP contribution in [0.3, 0.4) is 0 Å². The van der Waals surface area contributed by atoms with Crippen LogP contribution in [0.15, 0.2) is 100 Å². The van der Waals surface area contributed by atoms with Gasteiger partial charge in [-0.2, -0.15) is 17.5 Å². The Morgan fingerprint density at radius 2 is 1.78 bits per heavy atom. The van der Waals surface area contributed by atoms with Gasteiger partial charge in [0, 0.05) is 25.5 Å². The van der Waals surface area contributed by atoms with E-state index in [0.29, 0.717) is 34.7 Å². The van der Waals surface area contributed by atoms with Crippen LogP contribution in [-0.4, -0.2) is 47.3 Å². The molecule has 41 heavy (non-hydrogen) atoms. The van der Waals surface area contributed by atoms with Crippen LogP contribution in [0.4, 0.5) is 23.2 Å². The molecule has 0 unspecified atom stereocenters. The predicted octanol–water partition coefficient (Wildman–Crippen LogP) is 4.84. The Morgan fingerprint density at radius 3 is 2.39 bits per heavy atom. The molecular weight excluding hydrogens is 562 g/mol. The number of sulfonamides is 1. The van der Waals surface area contributed by atoms with Crippen molar-refractivity contribution in [1.29, 1.82) is 0 Å². The average Bonchev–Trinajstić information content (AvgIpc) is 2.97. The summed E-state index contributed by atoms with van der Waals surface area (Å²) < 4.78 is 80.9. The summed E-state index contributed by atoms with van der Waals surface area (Å²) in [5.41, 5.74) is 5.50. The third kappa shape index (κ3) is 5.42. The second kappa shape index (κ2) is 10.6. The van der Waals surface area contributed by atoms with Gasteiger partial charge >= 0.3 is 6.18 Å². The van der Waals surface area contributed by atoms with E-state index in [4.69, 9.17) is 5.73 Å². The van der Waals surface area contributed by atoms with Gasteiger partial charge in [-0.05, 0) is 79.2 Å². The summed E-state index contributed by atoms with van der Waals surface area (Å²) in [6, 6.07) is 8.71. The largest absolute Gasteiger partial charge is 0.416 e. The molecule has 0 spiro atoms.